The smallest absolute Gasteiger partial charge is 0.0766 e. The Kier molecular flexibility index (Phi) is 4.77. The van der Waals surface area contributed by atoms with Gasteiger partial charge in [0, 0.05) is 18.6 Å². The summed E-state index contributed by atoms with van der Waals surface area (Å²) < 4.78 is 0. The standard InChI is InChI=1S/C13H28N2O/c1-5-13(16,6-2)11-14-10-12(15(3)4)8-7-9-12/h14,16H,5-11H2,1-4H3. The molecule has 0 aromatic rings. The average molecular weight is 228 g/mol. The van der Waals surface area contributed by atoms with E-state index in [0.717, 1.165) is 25.9 Å². The molecule has 0 atom stereocenters. The molecule has 0 saturated heterocycles. The van der Waals surface area contributed by atoms with E-state index in [0.29, 0.717) is 5.54 Å². The van der Waals surface area contributed by atoms with Gasteiger partial charge in [0.15, 0.2) is 0 Å². The van der Waals surface area contributed by atoms with Crippen molar-refractivity contribution in [3.63, 3.8) is 0 Å². The van der Waals surface area contributed by atoms with Crippen LogP contribution in [0.1, 0.15) is 46.0 Å². The van der Waals surface area contributed by atoms with Crippen molar-refractivity contribution >= 4 is 0 Å². The van der Waals surface area contributed by atoms with Gasteiger partial charge in [-0.1, -0.05) is 13.8 Å². The molecule has 1 aliphatic carbocycles. The summed E-state index contributed by atoms with van der Waals surface area (Å²) in [5.41, 5.74) is -0.167. The van der Waals surface area contributed by atoms with Gasteiger partial charge < -0.3 is 15.3 Å². The molecule has 1 fully saturated rings. The van der Waals surface area contributed by atoms with E-state index in [1.165, 1.54) is 19.3 Å². The summed E-state index contributed by atoms with van der Waals surface area (Å²) in [6.45, 7) is 5.82. The lowest BCUT2D eigenvalue weighted by Gasteiger charge is -2.48. The highest BCUT2D eigenvalue weighted by molar-refractivity contribution is 4.98. The fourth-order valence-corrected chi connectivity index (χ4v) is 2.39. The number of hydrogen-bond acceptors (Lipinski definition) is 3. The minimum atomic E-state index is -0.517. The third kappa shape index (κ3) is 2.96. The molecule has 96 valence electrons. The second kappa shape index (κ2) is 5.48. The fraction of sp³-hybridized carbons (Fsp3) is 1.00. The van der Waals surface area contributed by atoms with Gasteiger partial charge in [-0.15, -0.1) is 0 Å². The summed E-state index contributed by atoms with van der Waals surface area (Å²) in [5, 5.41) is 13.6. The molecule has 0 heterocycles. The molecule has 0 bridgehead atoms. The first-order chi connectivity index (χ1) is 7.48. The van der Waals surface area contributed by atoms with Crippen LogP contribution in [0, 0.1) is 0 Å². The number of nitrogens with one attached hydrogen (secondary N) is 1. The van der Waals surface area contributed by atoms with Crippen molar-refractivity contribution in [2.75, 3.05) is 27.2 Å². The van der Waals surface area contributed by atoms with Crippen LogP contribution in [-0.2, 0) is 0 Å². The van der Waals surface area contributed by atoms with E-state index in [1.54, 1.807) is 0 Å². The monoisotopic (exact) mass is 228 g/mol. The molecule has 2 N–H and O–H groups in total. The third-order valence-electron chi connectivity index (χ3n) is 4.46. The lowest BCUT2D eigenvalue weighted by molar-refractivity contribution is 0.0176. The number of aliphatic hydroxyl groups is 1. The van der Waals surface area contributed by atoms with Crippen molar-refractivity contribution in [1.29, 1.82) is 0 Å². The minimum absolute atomic E-state index is 0.350. The Morgan fingerprint density at radius 1 is 1.25 bits per heavy atom. The van der Waals surface area contributed by atoms with Gasteiger partial charge in [0.1, 0.15) is 0 Å². The topological polar surface area (TPSA) is 35.5 Å². The highest BCUT2D eigenvalue weighted by Gasteiger charge is 2.38. The molecule has 0 unspecified atom stereocenters. The largest absolute Gasteiger partial charge is 0.389 e. The number of nitrogens with zero attached hydrogens (tertiary/aromatic N) is 1. The summed E-state index contributed by atoms with van der Waals surface area (Å²) >= 11 is 0. The molecule has 0 spiro atoms. The summed E-state index contributed by atoms with van der Waals surface area (Å²) in [7, 11) is 4.32. The van der Waals surface area contributed by atoms with E-state index < -0.39 is 5.60 Å². The third-order valence-corrected chi connectivity index (χ3v) is 4.46. The maximum atomic E-state index is 10.2. The second-order valence-corrected chi connectivity index (χ2v) is 5.51. The first-order valence-electron chi connectivity index (χ1n) is 6.58. The molecular formula is C13H28N2O. The Balaban J connectivity index is 2.34. The van der Waals surface area contributed by atoms with Crippen molar-refractivity contribution in [3.8, 4) is 0 Å². The molecule has 0 aromatic carbocycles. The molecule has 1 rings (SSSR count). The van der Waals surface area contributed by atoms with Crippen LogP contribution in [0.4, 0.5) is 0 Å². The minimum Gasteiger partial charge on any atom is -0.389 e. The molecule has 0 radical (unpaired) electrons. The van der Waals surface area contributed by atoms with Crippen LogP contribution in [0.25, 0.3) is 0 Å². The Labute approximate surface area is 100 Å². The van der Waals surface area contributed by atoms with Gasteiger partial charge in [-0.3, -0.25) is 0 Å². The molecular weight excluding hydrogens is 200 g/mol. The average Bonchev–Trinajstić information content (AvgIpc) is 2.21. The SMILES string of the molecule is CCC(O)(CC)CNCC1(N(C)C)CCC1. The van der Waals surface area contributed by atoms with Gasteiger partial charge in [0.05, 0.1) is 5.60 Å². The zero-order valence-corrected chi connectivity index (χ0v) is 11.3. The molecule has 1 saturated carbocycles. The van der Waals surface area contributed by atoms with E-state index in [4.69, 9.17) is 0 Å². The lowest BCUT2D eigenvalue weighted by atomic mass is 9.75. The van der Waals surface area contributed by atoms with Crippen LogP contribution in [0.5, 0.6) is 0 Å². The second-order valence-electron chi connectivity index (χ2n) is 5.51. The molecule has 3 nitrogen and oxygen atoms in total. The maximum Gasteiger partial charge on any atom is 0.0766 e. The highest BCUT2D eigenvalue weighted by atomic mass is 16.3. The predicted octanol–water partition coefficient (Wildman–Crippen LogP) is 1.61. The lowest BCUT2D eigenvalue weighted by Crippen LogP contribution is -2.57. The maximum absolute atomic E-state index is 10.2. The van der Waals surface area contributed by atoms with E-state index in [-0.39, 0.29) is 0 Å². The van der Waals surface area contributed by atoms with Crippen LogP contribution in [-0.4, -0.2) is 48.3 Å². The Morgan fingerprint density at radius 2 is 1.81 bits per heavy atom. The molecule has 0 amide bonds. The number of hydrogen-bond donors (Lipinski definition) is 2. The van der Waals surface area contributed by atoms with E-state index in [2.05, 4.69) is 38.2 Å². The molecule has 16 heavy (non-hydrogen) atoms. The number of likely N-dealkylation sites (N-methyl/N-ethyl adjacent to an activating group) is 1. The zero-order valence-electron chi connectivity index (χ0n) is 11.3. The normalized spacial score (nSPS) is 19.9. The van der Waals surface area contributed by atoms with E-state index in [9.17, 15) is 5.11 Å². The van der Waals surface area contributed by atoms with Gasteiger partial charge in [-0.2, -0.15) is 0 Å². The molecule has 1 aliphatic rings. The Morgan fingerprint density at radius 3 is 2.12 bits per heavy atom. The molecule has 0 aliphatic heterocycles. The van der Waals surface area contributed by atoms with Crippen LogP contribution < -0.4 is 5.32 Å². The van der Waals surface area contributed by atoms with Crippen molar-refractivity contribution in [1.82, 2.24) is 10.2 Å². The summed E-state index contributed by atoms with van der Waals surface area (Å²) in [6, 6.07) is 0. The van der Waals surface area contributed by atoms with Crippen LogP contribution in [0.15, 0.2) is 0 Å². The van der Waals surface area contributed by atoms with Crippen molar-refractivity contribution in [2.45, 2.75) is 57.1 Å². The fourth-order valence-electron chi connectivity index (χ4n) is 2.39. The highest BCUT2D eigenvalue weighted by Crippen LogP contribution is 2.35. The van der Waals surface area contributed by atoms with E-state index in [1.807, 2.05) is 0 Å². The zero-order chi connectivity index (χ0) is 12.2. The first kappa shape index (κ1) is 13.9. The quantitative estimate of drug-likeness (QED) is 0.695. The van der Waals surface area contributed by atoms with Gasteiger partial charge in [-0.25, -0.2) is 0 Å². The van der Waals surface area contributed by atoms with Crippen molar-refractivity contribution < 1.29 is 5.11 Å². The van der Waals surface area contributed by atoms with Crippen molar-refractivity contribution in [2.24, 2.45) is 0 Å². The van der Waals surface area contributed by atoms with Crippen LogP contribution in [0.3, 0.4) is 0 Å². The van der Waals surface area contributed by atoms with Gasteiger partial charge in [0.2, 0.25) is 0 Å². The molecule has 0 aromatic heterocycles. The van der Waals surface area contributed by atoms with Gasteiger partial charge in [0.25, 0.3) is 0 Å². The van der Waals surface area contributed by atoms with Crippen LogP contribution in [0.2, 0.25) is 0 Å². The summed E-state index contributed by atoms with van der Waals surface area (Å²) in [6.07, 6.45) is 5.55. The van der Waals surface area contributed by atoms with Crippen molar-refractivity contribution in [3.05, 3.63) is 0 Å². The Hall–Kier alpha value is -0.120. The predicted molar refractivity (Wildman–Crippen MR) is 68.7 cm³/mol. The number of rotatable bonds is 7. The van der Waals surface area contributed by atoms with Crippen LogP contribution >= 0.6 is 0 Å². The Bertz CT molecular complexity index is 208. The van der Waals surface area contributed by atoms with E-state index >= 15 is 0 Å². The van der Waals surface area contributed by atoms with Gasteiger partial charge >= 0.3 is 0 Å². The molecule has 3 heteroatoms. The van der Waals surface area contributed by atoms with Gasteiger partial charge in [-0.05, 0) is 46.2 Å². The first-order valence-corrected chi connectivity index (χ1v) is 6.58. The summed E-state index contributed by atoms with van der Waals surface area (Å²) in [5.74, 6) is 0. The summed E-state index contributed by atoms with van der Waals surface area (Å²) in [4.78, 5) is 2.33.